The Morgan fingerprint density at radius 1 is 1.18 bits per heavy atom. The molecule has 0 bridgehead atoms. The SMILES string of the molecule is CCN(CC)C1CCN(C2CCC2CNC)C1. The Bertz CT molecular complexity index is 228. The van der Waals surface area contributed by atoms with Crippen LogP contribution in [0.2, 0.25) is 0 Å². The summed E-state index contributed by atoms with van der Waals surface area (Å²) in [5, 5.41) is 3.34. The van der Waals surface area contributed by atoms with Crippen molar-refractivity contribution >= 4 is 0 Å². The van der Waals surface area contributed by atoms with Gasteiger partial charge in [0.15, 0.2) is 0 Å². The van der Waals surface area contributed by atoms with Gasteiger partial charge in [-0.25, -0.2) is 0 Å². The van der Waals surface area contributed by atoms with Gasteiger partial charge in [0.05, 0.1) is 0 Å². The van der Waals surface area contributed by atoms with Crippen molar-refractivity contribution in [3.05, 3.63) is 0 Å². The number of nitrogens with one attached hydrogen (secondary N) is 1. The predicted molar refractivity (Wildman–Crippen MR) is 73.3 cm³/mol. The summed E-state index contributed by atoms with van der Waals surface area (Å²) in [4.78, 5) is 5.39. The number of nitrogens with zero attached hydrogens (tertiary/aromatic N) is 2. The molecule has 17 heavy (non-hydrogen) atoms. The molecule has 0 spiro atoms. The van der Waals surface area contributed by atoms with Crippen LogP contribution in [-0.2, 0) is 0 Å². The maximum Gasteiger partial charge on any atom is 0.0235 e. The van der Waals surface area contributed by atoms with Crippen molar-refractivity contribution in [2.45, 2.75) is 45.2 Å². The first-order valence-corrected chi connectivity index (χ1v) is 7.42. The smallest absolute Gasteiger partial charge is 0.0235 e. The first kappa shape index (κ1) is 13.3. The monoisotopic (exact) mass is 239 g/mol. The molecule has 0 radical (unpaired) electrons. The highest BCUT2D eigenvalue weighted by Gasteiger charge is 2.38. The van der Waals surface area contributed by atoms with Gasteiger partial charge in [-0.1, -0.05) is 13.8 Å². The van der Waals surface area contributed by atoms with Crippen LogP contribution in [0.3, 0.4) is 0 Å². The summed E-state index contributed by atoms with van der Waals surface area (Å²) in [6, 6.07) is 1.70. The van der Waals surface area contributed by atoms with Crippen molar-refractivity contribution in [2.75, 3.05) is 39.8 Å². The zero-order chi connectivity index (χ0) is 12.3. The molecule has 3 heteroatoms. The van der Waals surface area contributed by atoms with Crippen molar-refractivity contribution < 1.29 is 0 Å². The van der Waals surface area contributed by atoms with Gasteiger partial charge >= 0.3 is 0 Å². The molecule has 1 saturated heterocycles. The zero-order valence-electron chi connectivity index (χ0n) is 11.8. The first-order valence-electron chi connectivity index (χ1n) is 7.42. The zero-order valence-corrected chi connectivity index (χ0v) is 11.8. The lowest BCUT2D eigenvalue weighted by Crippen LogP contribution is -2.50. The molecule has 2 fully saturated rings. The molecule has 0 aromatic heterocycles. The van der Waals surface area contributed by atoms with Gasteiger partial charge < -0.3 is 5.32 Å². The van der Waals surface area contributed by atoms with Crippen LogP contribution in [0.25, 0.3) is 0 Å². The normalized spacial score (nSPS) is 34.2. The van der Waals surface area contributed by atoms with Gasteiger partial charge in [0.25, 0.3) is 0 Å². The van der Waals surface area contributed by atoms with Crippen LogP contribution in [0, 0.1) is 5.92 Å². The summed E-state index contributed by atoms with van der Waals surface area (Å²) in [5.41, 5.74) is 0. The Morgan fingerprint density at radius 3 is 2.47 bits per heavy atom. The Hall–Kier alpha value is -0.120. The number of hydrogen-bond acceptors (Lipinski definition) is 3. The Morgan fingerprint density at radius 2 is 1.94 bits per heavy atom. The second-order valence-corrected chi connectivity index (χ2v) is 5.62. The predicted octanol–water partition coefficient (Wildman–Crippen LogP) is 1.40. The van der Waals surface area contributed by atoms with Crippen LogP contribution in [0.15, 0.2) is 0 Å². The van der Waals surface area contributed by atoms with Gasteiger partial charge in [-0.15, -0.1) is 0 Å². The number of rotatable bonds is 6. The lowest BCUT2D eigenvalue weighted by atomic mass is 9.78. The molecule has 1 N–H and O–H groups in total. The summed E-state index contributed by atoms with van der Waals surface area (Å²) < 4.78 is 0. The second-order valence-electron chi connectivity index (χ2n) is 5.62. The minimum absolute atomic E-state index is 0.820. The van der Waals surface area contributed by atoms with E-state index in [0.29, 0.717) is 0 Å². The van der Waals surface area contributed by atoms with E-state index >= 15 is 0 Å². The lowest BCUT2D eigenvalue weighted by molar-refractivity contribution is 0.0751. The number of hydrogen-bond donors (Lipinski definition) is 1. The summed E-state index contributed by atoms with van der Waals surface area (Å²) in [6.45, 7) is 10.8. The average Bonchev–Trinajstić information content (AvgIpc) is 2.75. The molecule has 100 valence electrons. The third kappa shape index (κ3) is 2.83. The van der Waals surface area contributed by atoms with Crippen molar-refractivity contribution in [1.82, 2.24) is 15.1 Å². The van der Waals surface area contributed by atoms with Crippen LogP contribution in [0.4, 0.5) is 0 Å². The van der Waals surface area contributed by atoms with E-state index in [4.69, 9.17) is 0 Å². The molecule has 3 nitrogen and oxygen atoms in total. The van der Waals surface area contributed by atoms with Crippen molar-refractivity contribution in [1.29, 1.82) is 0 Å². The van der Waals surface area contributed by atoms with Crippen LogP contribution in [0.1, 0.15) is 33.1 Å². The second kappa shape index (κ2) is 6.17. The first-order chi connectivity index (χ1) is 8.30. The molecule has 1 aliphatic carbocycles. The highest BCUT2D eigenvalue weighted by atomic mass is 15.3. The Kier molecular flexibility index (Phi) is 4.83. The summed E-state index contributed by atoms with van der Waals surface area (Å²) in [6.07, 6.45) is 4.24. The van der Waals surface area contributed by atoms with Gasteiger partial charge in [0.1, 0.15) is 0 Å². The fourth-order valence-electron chi connectivity index (χ4n) is 3.64. The minimum atomic E-state index is 0.820. The van der Waals surface area contributed by atoms with E-state index in [-0.39, 0.29) is 0 Å². The largest absolute Gasteiger partial charge is 0.319 e. The van der Waals surface area contributed by atoms with E-state index in [2.05, 4.69) is 36.0 Å². The quantitative estimate of drug-likeness (QED) is 0.756. The minimum Gasteiger partial charge on any atom is -0.319 e. The molecule has 2 rings (SSSR count). The van der Waals surface area contributed by atoms with E-state index in [1.54, 1.807) is 0 Å². The molecular formula is C14H29N3. The van der Waals surface area contributed by atoms with Crippen LogP contribution >= 0.6 is 0 Å². The molecule has 1 aliphatic heterocycles. The fourth-order valence-corrected chi connectivity index (χ4v) is 3.64. The van der Waals surface area contributed by atoms with Gasteiger partial charge in [-0.05, 0) is 51.9 Å². The van der Waals surface area contributed by atoms with E-state index < -0.39 is 0 Å². The molecule has 0 aromatic carbocycles. The van der Waals surface area contributed by atoms with Gasteiger partial charge in [-0.3, -0.25) is 9.80 Å². The highest BCUT2D eigenvalue weighted by Crippen LogP contribution is 2.34. The topological polar surface area (TPSA) is 18.5 Å². The molecule has 0 aromatic rings. The van der Waals surface area contributed by atoms with E-state index in [0.717, 1.165) is 18.0 Å². The molecule has 2 aliphatic rings. The van der Waals surface area contributed by atoms with Gasteiger partial charge in [0.2, 0.25) is 0 Å². The van der Waals surface area contributed by atoms with Crippen molar-refractivity contribution in [2.24, 2.45) is 5.92 Å². The Balaban J connectivity index is 1.81. The fraction of sp³-hybridized carbons (Fsp3) is 1.00. The molecule has 1 saturated carbocycles. The van der Waals surface area contributed by atoms with Gasteiger partial charge in [0, 0.05) is 25.2 Å². The molecule has 1 heterocycles. The third-order valence-corrected chi connectivity index (χ3v) is 4.84. The lowest BCUT2D eigenvalue weighted by Gasteiger charge is -2.43. The van der Waals surface area contributed by atoms with E-state index in [1.807, 2.05) is 0 Å². The standard InChI is InChI=1S/C14H29N3/c1-4-16(5-2)13-8-9-17(11-13)14-7-6-12(14)10-15-3/h12-15H,4-11H2,1-3H3. The number of likely N-dealkylation sites (N-methyl/N-ethyl adjacent to an activating group) is 1. The highest BCUT2D eigenvalue weighted by molar-refractivity contribution is 4.95. The average molecular weight is 239 g/mol. The molecule has 3 unspecified atom stereocenters. The van der Waals surface area contributed by atoms with Crippen LogP contribution in [-0.4, -0.2) is 61.7 Å². The number of likely N-dealkylation sites (tertiary alicyclic amines) is 1. The van der Waals surface area contributed by atoms with Crippen molar-refractivity contribution in [3.8, 4) is 0 Å². The summed E-state index contributed by atoms with van der Waals surface area (Å²) in [5.74, 6) is 0.912. The van der Waals surface area contributed by atoms with Crippen LogP contribution < -0.4 is 5.32 Å². The molecular weight excluding hydrogens is 210 g/mol. The molecule has 0 amide bonds. The summed E-state index contributed by atoms with van der Waals surface area (Å²) in [7, 11) is 2.08. The van der Waals surface area contributed by atoms with Crippen LogP contribution in [0.5, 0.6) is 0 Å². The summed E-state index contributed by atoms with van der Waals surface area (Å²) >= 11 is 0. The maximum absolute atomic E-state index is 3.34. The van der Waals surface area contributed by atoms with E-state index in [9.17, 15) is 0 Å². The Labute approximate surface area is 107 Å². The van der Waals surface area contributed by atoms with Crippen molar-refractivity contribution in [3.63, 3.8) is 0 Å². The van der Waals surface area contributed by atoms with E-state index in [1.165, 1.54) is 52.0 Å². The van der Waals surface area contributed by atoms with Gasteiger partial charge in [-0.2, -0.15) is 0 Å². The maximum atomic E-state index is 3.34. The molecule has 3 atom stereocenters. The third-order valence-electron chi connectivity index (χ3n) is 4.84.